The largest absolute Gasteiger partial charge is 0.371 e. The molecule has 3 saturated heterocycles. The van der Waals surface area contributed by atoms with Gasteiger partial charge in [-0.3, -0.25) is 0 Å². The molecule has 3 aliphatic heterocycles. The molecule has 5 atom stereocenters. The zero-order chi connectivity index (χ0) is 12.4. The minimum Gasteiger partial charge on any atom is -0.371 e. The molecule has 104 valence electrons. The molecular formula is C12H20O6. The Hall–Kier alpha value is -0.240. The number of hydrogen-bond acceptors (Lipinski definition) is 6. The molecule has 0 amide bonds. The van der Waals surface area contributed by atoms with Crippen LogP contribution < -0.4 is 0 Å². The van der Waals surface area contributed by atoms with Crippen molar-refractivity contribution in [3.63, 3.8) is 0 Å². The predicted molar refractivity (Wildman–Crippen MR) is 60.3 cm³/mol. The van der Waals surface area contributed by atoms with Gasteiger partial charge in [0.15, 0.2) is 0 Å². The maximum absolute atomic E-state index is 5.75. The summed E-state index contributed by atoms with van der Waals surface area (Å²) in [6, 6.07) is 0. The molecular weight excluding hydrogens is 240 g/mol. The highest BCUT2D eigenvalue weighted by molar-refractivity contribution is 4.96. The van der Waals surface area contributed by atoms with Crippen molar-refractivity contribution in [3.05, 3.63) is 0 Å². The highest BCUT2D eigenvalue weighted by Gasteiger charge is 2.49. The van der Waals surface area contributed by atoms with E-state index in [-0.39, 0.29) is 30.5 Å². The van der Waals surface area contributed by atoms with Gasteiger partial charge >= 0.3 is 0 Å². The second-order valence-electron chi connectivity index (χ2n) is 4.74. The lowest BCUT2D eigenvalue weighted by Gasteiger charge is -2.17. The van der Waals surface area contributed by atoms with Crippen molar-refractivity contribution in [2.45, 2.75) is 37.4 Å². The van der Waals surface area contributed by atoms with E-state index in [2.05, 4.69) is 0 Å². The van der Waals surface area contributed by atoms with E-state index in [1.54, 1.807) is 0 Å². The molecule has 3 fully saturated rings. The van der Waals surface area contributed by atoms with Crippen LogP contribution in [-0.2, 0) is 28.4 Å². The molecule has 0 aromatic carbocycles. The molecule has 5 unspecified atom stereocenters. The summed E-state index contributed by atoms with van der Waals surface area (Å²) in [6.07, 6.45) is 0.175. The van der Waals surface area contributed by atoms with E-state index in [0.29, 0.717) is 33.2 Å². The normalized spacial score (nSPS) is 42.2. The van der Waals surface area contributed by atoms with Crippen LogP contribution in [0.15, 0.2) is 0 Å². The first-order chi connectivity index (χ1) is 8.88. The average Bonchev–Trinajstić information content (AvgIpc) is 2.98. The average molecular weight is 260 g/mol. The lowest BCUT2D eigenvalue weighted by atomic mass is 10.1. The molecule has 3 aliphatic rings. The minimum absolute atomic E-state index is 0.0000986. The highest BCUT2D eigenvalue weighted by Crippen LogP contribution is 2.30. The molecule has 0 aromatic heterocycles. The first kappa shape index (κ1) is 12.8. The summed E-state index contributed by atoms with van der Waals surface area (Å²) in [6.45, 7) is 5.42. The topological polar surface area (TPSA) is 58.7 Å². The molecule has 18 heavy (non-hydrogen) atoms. The Morgan fingerprint density at radius 2 is 1.61 bits per heavy atom. The fourth-order valence-electron chi connectivity index (χ4n) is 2.33. The zero-order valence-corrected chi connectivity index (χ0v) is 10.6. The van der Waals surface area contributed by atoms with Gasteiger partial charge in [0, 0.05) is 6.61 Å². The van der Waals surface area contributed by atoms with Gasteiger partial charge in [0.05, 0.1) is 26.4 Å². The Balaban J connectivity index is 1.43. The van der Waals surface area contributed by atoms with E-state index < -0.39 is 0 Å². The summed E-state index contributed by atoms with van der Waals surface area (Å²) >= 11 is 0. The summed E-state index contributed by atoms with van der Waals surface area (Å²) < 4.78 is 33.1. The van der Waals surface area contributed by atoms with Crippen LogP contribution in [0.1, 0.15) is 6.92 Å². The molecule has 3 rings (SSSR count). The summed E-state index contributed by atoms with van der Waals surface area (Å²) in [5.74, 6) is 0. The lowest BCUT2D eigenvalue weighted by Crippen LogP contribution is -2.34. The van der Waals surface area contributed by atoms with Crippen LogP contribution in [-0.4, -0.2) is 70.3 Å². The summed E-state index contributed by atoms with van der Waals surface area (Å²) in [5, 5.41) is 0. The zero-order valence-electron chi connectivity index (χ0n) is 10.6. The van der Waals surface area contributed by atoms with E-state index in [1.807, 2.05) is 6.92 Å². The molecule has 0 aliphatic carbocycles. The first-order valence-electron chi connectivity index (χ1n) is 6.54. The van der Waals surface area contributed by atoms with Crippen molar-refractivity contribution < 1.29 is 28.4 Å². The van der Waals surface area contributed by atoms with Crippen molar-refractivity contribution in [2.75, 3.05) is 39.8 Å². The van der Waals surface area contributed by atoms with Gasteiger partial charge in [-0.2, -0.15) is 0 Å². The van der Waals surface area contributed by atoms with Crippen LogP contribution in [0.5, 0.6) is 0 Å². The van der Waals surface area contributed by atoms with Crippen molar-refractivity contribution >= 4 is 0 Å². The summed E-state index contributed by atoms with van der Waals surface area (Å²) in [4.78, 5) is 0. The molecule has 0 saturated carbocycles. The molecule has 3 heterocycles. The van der Waals surface area contributed by atoms with Crippen molar-refractivity contribution in [3.8, 4) is 0 Å². The molecule has 6 nitrogen and oxygen atoms in total. The van der Waals surface area contributed by atoms with Crippen LogP contribution in [0.25, 0.3) is 0 Å². The third-order valence-corrected chi connectivity index (χ3v) is 3.43. The number of hydrogen-bond donors (Lipinski definition) is 0. The number of rotatable bonds is 7. The van der Waals surface area contributed by atoms with Gasteiger partial charge in [0.25, 0.3) is 0 Å². The van der Waals surface area contributed by atoms with E-state index in [1.165, 1.54) is 0 Å². The van der Waals surface area contributed by atoms with Gasteiger partial charge in [0.2, 0.25) is 0 Å². The minimum atomic E-state index is -0.0488. The third-order valence-electron chi connectivity index (χ3n) is 3.43. The van der Waals surface area contributed by atoms with Crippen LogP contribution in [0.4, 0.5) is 0 Å². The maximum Gasteiger partial charge on any atom is 0.147 e. The Morgan fingerprint density at radius 3 is 2.22 bits per heavy atom. The Labute approximate surface area is 106 Å². The van der Waals surface area contributed by atoms with Gasteiger partial charge in [-0.15, -0.1) is 0 Å². The molecule has 6 heteroatoms. The third kappa shape index (κ3) is 2.84. The number of epoxide rings is 1. The Morgan fingerprint density at radius 1 is 0.944 bits per heavy atom. The van der Waals surface area contributed by atoms with E-state index in [4.69, 9.17) is 28.4 Å². The van der Waals surface area contributed by atoms with Crippen LogP contribution in [0.2, 0.25) is 0 Å². The number of fused-ring (bicyclic) bond motifs is 1. The van der Waals surface area contributed by atoms with Crippen LogP contribution in [0, 0.1) is 0 Å². The van der Waals surface area contributed by atoms with Gasteiger partial charge in [-0.1, -0.05) is 0 Å². The Bertz CT molecular complexity index is 269. The fourth-order valence-corrected chi connectivity index (χ4v) is 2.33. The molecule has 0 spiro atoms. The fraction of sp³-hybridized carbons (Fsp3) is 1.00. The predicted octanol–water partition coefficient (Wildman–Crippen LogP) is -0.0528. The Kier molecular flexibility index (Phi) is 4.13. The van der Waals surface area contributed by atoms with E-state index >= 15 is 0 Å². The van der Waals surface area contributed by atoms with Crippen molar-refractivity contribution in [1.29, 1.82) is 0 Å². The molecule has 0 N–H and O–H groups in total. The second kappa shape index (κ2) is 5.81. The second-order valence-corrected chi connectivity index (χ2v) is 4.74. The standard InChI is InChI=1S/C12H20O6/c1-2-13-7-18-10-6-17-11-9(5-16-12(10)11)15-4-8-3-14-8/h8-12H,2-7H2,1H3. The highest BCUT2D eigenvalue weighted by atomic mass is 16.7. The maximum atomic E-state index is 5.75. The lowest BCUT2D eigenvalue weighted by molar-refractivity contribution is -0.117. The van der Waals surface area contributed by atoms with Crippen LogP contribution >= 0.6 is 0 Å². The molecule has 0 aromatic rings. The molecule has 0 bridgehead atoms. The van der Waals surface area contributed by atoms with Gasteiger partial charge in [0.1, 0.15) is 37.3 Å². The van der Waals surface area contributed by atoms with Crippen LogP contribution in [0.3, 0.4) is 0 Å². The van der Waals surface area contributed by atoms with E-state index in [0.717, 1.165) is 6.61 Å². The molecule has 0 radical (unpaired) electrons. The quantitative estimate of drug-likeness (QED) is 0.363. The van der Waals surface area contributed by atoms with Gasteiger partial charge < -0.3 is 28.4 Å². The SMILES string of the molecule is CCOCOC1COC2C(OCC3CO3)COC12. The van der Waals surface area contributed by atoms with Gasteiger partial charge in [-0.25, -0.2) is 0 Å². The monoisotopic (exact) mass is 260 g/mol. The summed E-state index contributed by atoms with van der Waals surface area (Å²) in [7, 11) is 0. The van der Waals surface area contributed by atoms with Crippen molar-refractivity contribution in [1.82, 2.24) is 0 Å². The number of ether oxygens (including phenoxy) is 6. The van der Waals surface area contributed by atoms with Gasteiger partial charge in [-0.05, 0) is 6.92 Å². The first-order valence-corrected chi connectivity index (χ1v) is 6.54. The summed E-state index contributed by atoms with van der Waals surface area (Å²) in [5.41, 5.74) is 0. The smallest absolute Gasteiger partial charge is 0.147 e. The van der Waals surface area contributed by atoms with E-state index in [9.17, 15) is 0 Å². The van der Waals surface area contributed by atoms with Crippen molar-refractivity contribution in [2.24, 2.45) is 0 Å².